The standard InChI is InChI=1S/C21H25N3O/c1-17-4-6-18(7-5-17)14-21(25)24(13-12-23(2)3)16-20-10-8-19(15-22)9-11-20/h4-11H,12-14,16H2,1-3H3. The van der Waals surface area contributed by atoms with Gasteiger partial charge in [-0.1, -0.05) is 42.0 Å². The molecule has 0 aliphatic carbocycles. The number of aryl methyl sites for hydroxylation is 1. The van der Waals surface area contributed by atoms with Crippen molar-refractivity contribution in [3.63, 3.8) is 0 Å². The van der Waals surface area contributed by atoms with Crippen molar-refractivity contribution in [2.45, 2.75) is 19.9 Å². The molecule has 0 spiro atoms. The molecule has 0 aliphatic rings. The number of carbonyl (C=O) groups excluding carboxylic acids is 1. The normalized spacial score (nSPS) is 10.5. The Labute approximate surface area is 150 Å². The molecule has 0 aliphatic heterocycles. The molecule has 25 heavy (non-hydrogen) atoms. The molecular weight excluding hydrogens is 310 g/mol. The summed E-state index contributed by atoms with van der Waals surface area (Å²) in [6.45, 7) is 4.09. The van der Waals surface area contributed by atoms with Crippen molar-refractivity contribution in [3.05, 3.63) is 70.8 Å². The van der Waals surface area contributed by atoms with Crippen LogP contribution >= 0.6 is 0 Å². The van der Waals surface area contributed by atoms with E-state index in [9.17, 15) is 4.79 Å². The van der Waals surface area contributed by atoms with Crippen LogP contribution in [0.25, 0.3) is 0 Å². The monoisotopic (exact) mass is 335 g/mol. The molecule has 0 bridgehead atoms. The average molecular weight is 335 g/mol. The first-order valence-corrected chi connectivity index (χ1v) is 8.45. The first kappa shape index (κ1) is 18.7. The number of hydrogen-bond acceptors (Lipinski definition) is 3. The van der Waals surface area contributed by atoms with Crippen LogP contribution in [0.4, 0.5) is 0 Å². The van der Waals surface area contributed by atoms with Crippen molar-refractivity contribution < 1.29 is 4.79 Å². The van der Waals surface area contributed by atoms with E-state index in [4.69, 9.17) is 5.26 Å². The number of likely N-dealkylation sites (N-methyl/N-ethyl adjacent to an activating group) is 1. The number of rotatable bonds is 7. The largest absolute Gasteiger partial charge is 0.337 e. The minimum atomic E-state index is 0.120. The topological polar surface area (TPSA) is 47.3 Å². The van der Waals surface area contributed by atoms with Gasteiger partial charge in [-0.05, 0) is 44.3 Å². The smallest absolute Gasteiger partial charge is 0.227 e. The number of nitrogens with zero attached hydrogens (tertiary/aromatic N) is 3. The first-order valence-electron chi connectivity index (χ1n) is 8.45. The van der Waals surface area contributed by atoms with E-state index in [0.717, 1.165) is 17.7 Å². The second-order valence-electron chi connectivity index (χ2n) is 6.59. The Kier molecular flexibility index (Phi) is 6.73. The second kappa shape index (κ2) is 9.00. The SMILES string of the molecule is Cc1ccc(CC(=O)N(CCN(C)C)Cc2ccc(C#N)cc2)cc1. The molecule has 0 N–H and O–H groups in total. The van der Waals surface area contributed by atoms with Gasteiger partial charge in [0.25, 0.3) is 0 Å². The highest BCUT2D eigenvalue weighted by atomic mass is 16.2. The lowest BCUT2D eigenvalue weighted by Crippen LogP contribution is -2.37. The van der Waals surface area contributed by atoms with Gasteiger partial charge in [0.05, 0.1) is 18.1 Å². The zero-order valence-electron chi connectivity index (χ0n) is 15.2. The van der Waals surface area contributed by atoms with Crippen LogP contribution in [0.15, 0.2) is 48.5 Å². The third-order valence-electron chi connectivity index (χ3n) is 4.10. The Morgan fingerprint density at radius 3 is 2.12 bits per heavy atom. The molecule has 0 aromatic heterocycles. The molecule has 0 fully saturated rings. The molecule has 130 valence electrons. The molecule has 0 atom stereocenters. The summed E-state index contributed by atoms with van der Waals surface area (Å²) in [5, 5.41) is 8.91. The van der Waals surface area contributed by atoms with Crippen molar-refractivity contribution in [1.29, 1.82) is 5.26 Å². The van der Waals surface area contributed by atoms with E-state index < -0.39 is 0 Å². The third kappa shape index (κ3) is 6.06. The fraction of sp³-hybridized carbons (Fsp3) is 0.333. The van der Waals surface area contributed by atoms with Crippen LogP contribution in [-0.2, 0) is 17.8 Å². The molecule has 2 rings (SSSR count). The van der Waals surface area contributed by atoms with Crippen molar-refractivity contribution in [2.24, 2.45) is 0 Å². The van der Waals surface area contributed by atoms with Gasteiger partial charge < -0.3 is 9.80 Å². The number of nitriles is 1. The highest BCUT2D eigenvalue weighted by molar-refractivity contribution is 5.78. The maximum atomic E-state index is 12.8. The highest BCUT2D eigenvalue weighted by Gasteiger charge is 2.15. The summed E-state index contributed by atoms with van der Waals surface area (Å²) in [6.07, 6.45) is 0.407. The maximum absolute atomic E-state index is 12.8. The van der Waals surface area contributed by atoms with E-state index in [0.29, 0.717) is 25.1 Å². The molecule has 0 unspecified atom stereocenters. The van der Waals surface area contributed by atoms with Gasteiger partial charge in [0, 0.05) is 19.6 Å². The van der Waals surface area contributed by atoms with Crippen molar-refractivity contribution >= 4 is 5.91 Å². The predicted octanol–water partition coefficient (Wildman–Crippen LogP) is 3.00. The Hall–Kier alpha value is -2.64. The van der Waals surface area contributed by atoms with E-state index in [1.807, 2.05) is 62.3 Å². The minimum absolute atomic E-state index is 0.120. The Bertz CT molecular complexity index is 727. The molecule has 4 nitrogen and oxygen atoms in total. The molecular formula is C21H25N3O. The van der Waals surface area contributed by atoms with Crippen LogP contribution in [-0.4, -0.2) is 42.9 Å². The molecule has 0 saturated carbocycles. The summed E-state index contributed by atoms with van der Waals surface area (Å²) < 4.78 is 0. The highest BCUT2D eigenvalue weighted by Crippen LogP contribution is 2.11. The lowest BCUT2D eigenvalue weighted by atomic mass is 10.1. The van der Waals surface area contributed by atoms with Crippen LogP contribution in [0.3, 0.4) is 0 Å². The van der Waals surface area contributed by atoms with E-state index in [1.165, 1.54) is 5.56 Å². The van der Waals surface area contributed by atoms with Gasteiger partial charge in [-0.3, -0.25) is 4.79 Å². The fourth-order valence-corrected chi connectivity index (χ4v) is 2.51. The van der Waals surface area contributed by atoms with Crippen LogP contribution < -0.4 is 0 Å². The van der Waals surface area contributed by atoms with Gasteiger partial charge in [0.1, 0.15) is 0 Å². The average Bonchev–Trinajstić information content (AvgIpc) is 2.60. The van der Waals surface area contributed by atoms with E-state index in [1.54, 1.807) is 12.1 Å². The van der Waals surface area contributed by atoms with Crippen molar-refractivity contribution in [1.82, 2.24) is 9.80 Å². The van der Waals surface area contributed by atoms with Crippen LogP contribution in [0.5, 0.6) is 0 Å². The Balaban J connectivity index is 2.08. The summed E-state index contributed by atoms with van der Waals surface area (Å²) in [5.41, 5.74) is 3.90. The minimum Gasteiger partial charge on any atom is -0.337 e. The quantitative estimate of drug-likeness (QED) is 0.781. The maximum Gasteiger partial charge on any atom is 0.227 e. The number of hydrogen-bond donors (Lipinski definition) is 0. The number of carbonyl (C=O) groups is 1. The van der Waals surface area contributed by atoms with Crippen LogP contribution in [0.1, 0.15) is 22.3 Å². The van der Waals surface area contributed by atoms with Gasteiger partial charge >= 0.3 is 0 Å². The molecule has 2 aromatic rings. The van der Waals surface area contributed by atoms with E-state index in [-0.39, 0.29) is 5.91 Å². The second-order valence-corrected chi connectivity index (χ2v) is 6.59. The molecule has 0 saturated heterocycles. The molecule has 0 heterocycles. The zero-order chi connectivity index (χ0) is 18.2. The Morgan fingerprint density at radius 1 is 0.960 bits per heavy atom. The van der Waals surface area contributed by atoms with Crippen LogP contribution in [0.2, 0.25) is 0 Å². The van der Waals surface area contributed by atoms with Crippen molar-refractivity contribution in [2.75, 3.05) is 27.2 Å². The lowest BCUT2D eigenvalue weighted by molar-refractivity contribution is -0.131. The Morgan fingerprint density at radius 2 is 1.56 bits per heavy atom. The lowest BCUT2D eigenvalue weighted by Gasteiger charge is -2.25. The summed E-state index contributed by atoms with van der Waals surface area (Å²) in [6, 6.07) is 17.6. The van der Waals surface area contributed by atoms with Crippen molar-refractivity contribution in [3.8, 4) is 6.07 Å². The first-order chi connectivity index (χ1) is 12.0. The summed E-state index contributed by atoms with van der Waals surface area (Å²) in [7, 11) is 4.01. The van der Waals surface area contributed by atoms with E-state index >= 15 is 0 Å². The van der Waals surface area contributed by atoms with Crippen LogP contribution in [0, 0.1) is 18.3 Å². The zero-order valence-corrected chi connectivity index (χ0v) is 15.2. The van der Waals surface area contributed by atoms with Gasteiger partial charge in [0.15, 0.2) is 0 Å². The number of benzene rings is 2. The predicted molar refractivity (Wildman–Crippen MR) is 100 cm³/mol. The fourth-order valence-electron chi connectivity index (χ4n) is 2.51. The molecule has 1 amide bonds. The molecule has 4 heteroatoms. The summed E-state index contributed by atoms with van der Waals surface area (Å²) >= 11 is 0. The van der Waals surface area contributed by atoms with Gasteiger partial charge in [-0.25, -0.2) is 0 Å². The summed E-state index contributed by atoms with van der Waals surface area (Å²) in [4.78, 5) is 16.8. The third-order valence-corrected chi connectivity index (χ3v) is 4.10. The van der Waals surface area contributed by atoms with Gasteiger partial charge in [0.2, 0.25) is 5.91 Å². The van der Waals surface area contributed by atoms with Gasteiger partial charge in [-0.2, -0.15) is 5.26 Å². The molecule has 2 aromatic carbocycles. The number of amides is 1. The summed E-state index contributed by atoms with van der Waals surface area (Å²) in [5.74, 6) is 0.120. The molecule has 0 radical (unpaired) electrons. The van der Waals surface area contributed by atoms with Gasteiger partial charge in [-0.15, -0.1) is 0 Å². The van der Waals surface area contributed by atoms with E-state index in [2.05, 4.69) is 11.0 Å².